The molecule has 2 aromatic rings. The second-order valence-corrected chi connectivity index (χ2v) is 4.66. The Labute approximate surface area is 108 Å². The summed E-state index contributed by atoms with van der Waals surface area (Å²) in [5.74, 6) is 0.0926. The summed E-state index contributed by atoms with van der Waals surface area (Å²) in [4.78, 5) is 1.02. The summed E-state index contributed by atoms with van der Waals surface area (Å²) in [6.45, 7) is 1.94. The fourth-order valence-electron chi connectivity index (χ4n) is 1.39. The van der Waals surface area contributed by atoms with Crippen LogP contribution in [0, 0.1) is 6.92 Å². The van der Waals surface area contributed by atoms with Gasteiger partial charge in [-0.25, -0.2) is 4.68 Å². The van der Waals surface area contributed by atoms with Crippen molar-refractivity contribution in [2.45, 2.75) is 17.0 Å². The number of amidine groups is 1. The van der Waals surface area contributed by atoms with Crippen LogP contribution < -0.4 is 5.73 Å². The highest BCUT2D eigenvalue weighted by Gasteiger charge is 2.08. The highest BCUT2D eigenvalue weighted by molar-refractivity contribution is 7.99. The number of rotatable bonds is 3. The molecule has 3 N–H and O–H groups in total. The van der Waals surface area contributed by atoms with Crippen molar-refractivity contribution in [2.24, 2.45) is 17.9 Å². The predicted octanol–water partition coefficient (Wildman–Crippen LogP) is 0.764. The maximum atomic E-state index is 8.62. The fourth-order valence-corrected chi connectivity index (χ4v) is 2.19. The predicted molar refractivity (Wildman–Crippen MR) is 66.6 cm³/mol. The van der Waals surface area contributed by atoms with Gasteiger partial charge in [0.15, 0.2) is 5.84 Å². The van der Waals surface area contributed by atoms with Crippen LogP contribution in [-0.2, 0) is 7.05 Å². The van der Waals surface area contributed by atoms with Gasteiger partial charge in [-0.05, 0) is 46.8 Å². The number of tetrazole rings is 1. The number of benzene rings is 1. The largest absolute Gasteiger partial charge is 0.409 e. The molecule has 0 spiro atoms. The number of oxime groups is 1. The number of aromatic nitrogens is 4. The van der Waals surface area contributed by atoms with Gasteiger partial charge < -0.3 is 10.9 Å². The van der Waals surface area contributed by atoms with Crippen LogP contribution in [0.15, 0.2) is 33.4 Å². The number of aryl methyl sites for hydroxylation is 2. The monoisotopic (exact) mass is 264 g/mol. The number of hydrogen-bond acceptors (Lipinski definition) is 6. The molecule has 8 heteroatoms. The van der Waals surface area contributed by atoms with Crippen molar-refractivity contribution in [3.63, 3.8) is 0 Å². The Balaban J connectivity index is 2.28. The Kier molecular flexibility index (Phi) is 3.47. The second kappa shape index (κ2) is 5.05. The van der Waals surface area contributed by atoms with Gasteiger partial charge in [-0.1, -0.05) is 11.2 Å². The number of nitrogens with two attached hydrogens (primary N) is 1. The van der Waals surface area contributed by atoms with Crippen LogP contribution in [0.1, 0.15) is 11.1 Å². The summed E-state index contributed by atoms with van der Waals surface area (Å²) in [6, 6.07) is 5.53. The van der Waals surface area contributed by atoms with Crippen LogP contribution in [0.5, 0.6) is 0 Å². The van der Waals surface area contributed by atoms with Gasteiger partial charge in [-0.2, -0.15) is 0 Å². The molecule has 0 atom stereocenters. The summed E-state index contributed by atoms with van der Waals surface area (Å²) >= 11 is 1.46. The molecule has 0 saturated heterocycles. The average Bonchev–Trinajstić information content (AvgIpc) is 2.76. The molecule has 0 saturated carbocycles. The van der Waals surface area contributed by atoms with Crippen LogP contribution >= 0.6 is 11.8 Å². The first-order valence-electron chi connectivity index (χ1n) is 5.10. The summed E-state index contributed by atoms with van der Waals surface area (Å²) < 4.78 is 1.60. The van der Waals surface area contributed by atoms with Crippen LogP contribution in [0.3, 0.4) is 0 Å². The average molecular weight is 264 g/mol. The normalized spacial score (nSPS) is 11.8. The minimum Gasteiger partial charge on any atom is -0.409 e. The van der Waals surface area contributed by atoms with Gasteiger partial charge in [0.2, 0.25) is 5.16 Å². The molecule has 0 aliphatic heterocycles. The minimum atomic E-state index is 0.0926. The third kappa shape index (κ3) is 2.43. The van der Waals surface area contributed by atoms with Gasteiger partial charge >= 0.3 is 0 Å². The molecule has 0 unspecified atom stereocenters. The van der Waals surface area contributed by atoms with Crippen molar-refractivity contribution in [2.75, 3.05) is 0 Å². The van der Waals surface area contributed by atoms with Crippen LogP contribution in [0.25, 0.3) is 0 Å². The van der Waals surface area contributed by atoms with E-state index in [0.717, 1.165) is 10.5 Å². The van der Waals surface area contributed by atoms with Gasteiger partial charge in [-0.3, -0.25) is 0 Å². The van der Waals surface area contributed by atoms with Crippen molar-refractivity contribution >= 4 is 17.6 Å². The van der Waals surface area contributed by atoms with Crippen molar-refractivity contribution in [3.8, 4) is 0 Å². The molecule has 1 heterocycles. The maximum Gasteiger partial charge on any atom is 0.213 e. The lowest BCUT2D eigenvalue weighted by molar-refractivity contribution is 0.318. The Morgan fingerprint density at radius 3 is 2.83 bits per heavy atom. The van der Waals surface area contributed by atoms with Crippen molar-refractivity contribution in [1.82, 2.24) is 20.2 Å². The van der Waals surface area contributed by atoms with E-state index >= 15 is 0 Å². The van der Waals surface area contributed by atoms with Gasteiger partial charge in [0.1, 0.15) is 0 Å². The summed E-state index contributed by atoms with van der Waals surface area (Å²) in [5, 5.41) is 23.5. The van der Waals surface area contributed by atoms with E-state index < -0.39 is 0 Å². The molecule has 0 radical (unpaired) electrons. The lowest BCUT2D eigenvalue weighted by Crippen LogP contribution is -2.13. The molecule has 2 rings (SSSR count). The third-order valence-corrected chi connectivity index (χ3v) is 3.57. The smallest absolute Gasteiger partial charge is 0.213 e. The van der Waals surface area contributed by atoms with E-state index in [4.69, 9.17) is 10.9 Å². The first-order valence-corrected chi connectivity index (χ1v) is 5.92. The number of hydrogen-bond donors (Lipinski definition) is 2. The molecular weight excluding hydrogens is 252 g/mol. The lowest BCUT2D eigenvalue weighted by Gasteiger charge is -2.06. The van der Waals surface area contributed by atoms with E-state index in [0.29, 0.717) is 10.7 Å². The first kappa shape index (κ1) is 12.4. The molecule has 94 valence electrons. The highest BCUT2D eigenvalue weighted by Crippen LogP contribution is 2.28. The van der Waals surface area contributed by atoms with Gasteiger partial charge in [0.25, 0.3) is 0 Å². The topological polar surface area (TPSA) is 102 Å². The quantitative estimate of drug-likeness (QED) is 0.367. The molecule has 1 aromatic heterocycles. The molecular formula is C10H12N6OS. The van der Waals surface area contributed by atoms with E-state index in [1.807, 2.05) is 19.1 Å². The molecule has 7 nitrogen and oxygen atoms in total. The molecule has 0 aliphatic rings. The Morgan fingerprint density at radius 1 is 1.50 bits per heavy atom. The fraction of sp³-hybridized carbons (Fsp3) is 0.200. The molecule has 18 heavy (non-hydrogen) atoms. The van der Waals surface area contributed by atoms with Crippen molar-refractivity contribution < 1.29 is 5.21 Å². The SMILES string of the molecule is Cc1cc(/C(N)=N/O)ccc1Sc1nnnn1C. The first-order chi connectivity index (χ1) is 8.61. The standard InChI is InChI=1S/C10H12N6OS/c1-6-5-7(9(11)13-17)3-4-8(6)18-10-12-14-15-16(10)2/h3-5,17H,1-2H3,(H2,11,13). The minimum absolute atomic E-state index is 0.0926. The summed E-state index contributed by atoms with van der Waals surface area (Å²) in [7, 11) is 1.78. The highest BCUT2D eigenvalue weighted by atomic mass is 32.2. The molecule has 0 fully saturated rings. The van der Waals surface area contributed by atoms with E-state index in [9.17, 15) is 0 Å². The molecule has 0 amide bonds. The van der Waals surface area contributed by atoms with E-state index in [2.05, 4.69) is 20.7 Å². The number of nitrogens with zero attached hydrogens (tertiary/aromatic N) is 5. The second-order valence-electron chi connectivity index (χ2n) is 3.65. The van der Waals surface area contributed by atoms with E-state index in [-0.39, 0.29) is 5.84 Å². The Hall–Kier alpha value is -2.09. The van der Waals surface area contributed by atoms with Crippen LogP contribution in [0.4, 0.5) is 0 Å². The van der Waals surface area contributed by atoms with Crippen LogP contribution in [-0.4, -0.2) is 31.3 Å². The van der Waals surface area contributed by atoms with Gasteiger partial charge in [0, 0.05) is 17.5 Å². The summed E-state index contributed by atoms with van der Waals surface area (Å²) in [5.41, 5.74) is 7.21. The van der Waals surface area contributed by atoms with E-state index in [1.54, 1.807) is 17.8 Å². The zero-order valence-corrected chi connectivity index (χ0v) is 10.7. The lowest BCUT2D eigenvalue weighted by atomic mass is 10.1. The Bertz CT molecular complexity index is 594. The summed E-state index contributed by atoms with van der Waals surface area (Å²) in [6.07, 6.45) is 0. The van der Waals surface area contributed by atoms with Crippen LogP contribution in [0.2, 0.25) is 0 Å². The van der Waals surface area contributed by atoms with Gasteiger partial charge in [-0.15, -0.1) is 5.10 Å². The van der Waals surface area contributed by atoms with Gasteiger partial charge in [0.05, 0.1) is 0 Å². The van der Waals surface area contributed by atoms with Crippen molar-refractivity contribution in [3.05, 3.63) is 29.3 Å². The Morgan fingerprint density at radius 2 is 2.28 bits per heavy atom. The maximum absolute atomic E-state index is 8.62. The zero-order chi connectivity index (χ0) is 13.1. The van der Waals surface area contributed by atoms with E-state index in [1.165, 1.54) is 11.8 Å². The molecule has 1 aromatic carbocycles. The zero-order valence-electron chi connectivity index (χ0n) is 9.90. The molecule has 0 aliphatic carbocycles. The van der Waals surface area contributed by atoms with Crippen molar-refractivity contribution in [1.29, 1.82) is 0 Å². The third-order valence-electron chi connectivity index (χ3n) is 2.36. The molecule has 0 bridgehead atoms.